The van der Waals surface area contributed by atoms with Gasteiger partial charge in [0.15, 0.2) is 0 Å². The molecule has 1 fully saturated rings. The van der Waals surface area contributed by atoms with E-state index in [1.165, 1.54) is 4.70 Å². The molecule has 3 rings (SSSR count). The molecule has 1 aliphatic rings. The van der Waals surface area contributed by atoms with E-state index in [1.54, 1.807) is 11.3 Å². The predicted octanol–water partition coefficient (Wildman–Crippen LogP) is 2.07. The van der Waals surface area contributed by atoms with Crippen LogP contribution < -0.4 is 5.73 Å². The summed E-state index contributed by atoms with van der Waals surface area (Å²) in [7, 11) is 0. The second kappa shape index (κ2) is 7.38. The first-order valence-electron chi connectivity index (χ1n) is 8.28. The molecule has 124 valence electrons. The summed E-state index contributed by atoms with van der Waals surface area (Å²) in [6.45, 7) is 6.23. The van der Waals surface area contributed by atoms with Crippen molar-refractivity contribution in [1.82, 2.24) is 14.8 Å². The lowest BCUT2D eigenvalue weighted by molar-refractivity contribution is -0.134. The molecule has 1 unspecified atom stereocenters. The van der Waals surface area contributed by atoms with Crippen LogP contribution in [0.25, 0.3) is 10.2 Å². The zero-order valence-corrected chi connectivity index (χ0v) is 14.4. The van der Waals surface area contributed by atoms with Gasteiger partial charge in [-0.2, -0.15) is 0 Å². The summed E-state index contributed by atoms with van der Waals surface area (Å²) in [6, 6.07) is 7.91. The van der Waals surface area contributed by atoms with Crippen LogP contribution in [-0.2, 0) is 11.3 Å². The highest BCUT2D eigenvalue weighted by atomic mass is 32.1. The fourth-order valence-corrected chi connectivity index (χ4v) is 3.98. The lowest BCUT2D eigenvalue weighted by Crippen LogP contribution is -2.52. The summed E-state index contributed by atoms with van der Waals surface area (Å²) in [5, 5.41) is 1.15. The molecular weight excluding hydrogens is 308 g/mol. The number of thiazole rings is 1. The van der Waals surface area contributed by atoms with Crippen molar-refractivity contribution in [1.29, 1.82) is 0 Å². The molecule has 1 aromatic carbocycles. The summed E-state index contributed by atoms with van der Waals surface area (Å²) in [6.07, 6.45) is 1.72. The van der Waals surface area contributed by atoms with Crippen LogP contribution in [0.5, 0.6) is 0 Å². The van der Waals surface area contributed by atoms with E-state index in [0.29, 0.717) is 0 Å². The summed E-state index contributed by atoms with van der Waals surface area (Å²) in [5.41, 5.74) is 7.02. The Hall–Kier alpha value is -1.50. The van der Waals surface area contributed by atoms with E-state index in [-0.39, 0.29) is 11.9 Å². The average molecular weight is 332 g/mol. The van der Waals surface area contributed by atoms with Gasteiger partial charge in [0.05, 0.1) is 22.8 Å². The summed E-state index contributed by atoms with van der Waals surface area (Å²) in [5.74, 6) is 0.103. The second-order valence-corrected chi connectivity index (χ2v) is 7.19. The van der Waals surface area contributed by atoms with Crippen molar-refractivity contribution in [2.24, 2.45) is 5.73 Å². The molecule has 0 bridgehead atoms. The smallest absolute Gasteiger partial charge is 0.239 e. The maximum Gasteiger partial charge on any atom is 0.239 e. The van der Waals surface area contributed by atoms with Crippen molar-refractivity contribution in [2.45, 2.75) is 32.4 Å². The minimum atomic E-state index is -0.337. The highest BCUT2D eigenvalue weighted by molar-refractivity contribution is 7.18. The molecule has 0 saturated carbocycles. The fraction of sp³-hybridized carbons (Fsp3) is 0.529. The number of amides is 1. The maximum absolute atomic E-state index is 12.2. The fourth-order valence-electron chi connectivity index (χ4n) is 2.97. The van der Waals surface area contributed by atoms with Gasteiger partial charge >= 0.3 is 0 Å². The zero-order valence-electron chi connectivity index (χ0n) is 13.6. The molecule has 1 atom stereocenters. The minimum Gasteiger partial charge on any atom is -0.339 e. The number of carbonyl (C=O) groups is 1. The van der Waals surface area contributed by atoms with Gasteiger partial charge in [0.2, 0.25) is 5.91 Å². The van der Waals surface area contributed by atoms with Crippen molar-refractivity contribution in [3.8, 4) is 0 Å². The number of benzene rings is 1. The Kier molecular flexibility index (Phi) is 5.25. The number of hydrogen-bond donors (Lipinski definition) is 1. The monoisotopic (exact) mass is 332 g/mol. The van der Waals surface area contributed by atoms with Crippen LogP contribution >= 0.6 is 11.3 Å². The standard InChI is InChI=1S/C17H24N4OS/c1-2-5-13(18)17(22)21-10-8-20(9-11-21)12-16-19-14-6-3-4-7-15(14)23-16/h3-4,6-7,13H,2,5,8-12,18H2,1H3. The molecule has 1 amide bonds. The molecule has 0 radical (unpaired) electrons. The third kappa shape index (κ3) is 3.88. The Balaban J connectivity index is 1.53. The van der Waals surface area contributed by atoms with E-state index >= 15 is 0 Å². The normalized spacial score (nSPS) is 17.6. The number of hydrogen-bond acceptors (Lipinski definition) is 5. The Morgan fingerprint density at radius 1 is 1.30 bits per heavy atom. The molecule has 5 nitrogen and oxygen atoms in total. The van der Waals surface area contributed by atoms with Gasteiger partial charge in [-0.1, -0.05) is 25.5 Å². The average Bonchev–Trinajstić information content (AvgIpc) is 2.97. The topological polar surface area (TPSA) is 62.5 Å². The molecule has 1 saturated heterocycles. The molecule has 6 heteroatoms. The largest absolute Gasteiger partial charge is 0.339 e. The van der Waals surface area contributed by atoms with E-state index in [4.69, 9.17) is 5.73 Å². The lowest BCUT2D eigenvalue weighted by Gasteiger charge is -2.35. The van der Waals surface area contributed by atoms with Gasteiger partial charge in [0.25, 0.3) is 0 Å². The van der Waals surface area contributed by atoms with E-state index in [1.807, 2.05) is 17.0 Å². The summed E-state index contributed by atoms with van der Waals surface area (Å²) in [4.78, 5) is 21.2. The molecule has 1 aliphatic heterocycles. The quantitative estimate of drug-likeness (QED) is 0.910. The van der Waals surface area contributed by atoms with Crippen LogP contribution in [-0.4, -0.2) is 52.9 Å². The van der Waals surface area contributed by atoms with Gasteiger partial charge in [-0.15, -0.1) is 11.3 Å². The van der Waals surface area contributed by atoms with Gasteiger partial charge in [0, 0.05) is 26.2 Å². The Morgan fingerprint density at radius 3 is 2.74 bits per heavy atom. The molecule has 2 heterocycles. The van der Waals surface area contributed by atoms with Crippen LogP contribution in [0.3, 0.4) is 0 Å². The molecule has 2 aromatic rings. The van der Waals surface area contributed by atoms with Crippen molar-refractivity contribution >= 4 is 27.5 Å². The number of aromatic nitrogens is 1. The number of fused-ring (bicyclic) bond motifs is 1. The minimum absolute atomic E-state index is 0.103. The van der Waals surface area contributed by atoms with Gasteiger partial charge in [0.1, 0.15) is 5.01 Å². The number of rotatable bonds is 5. The first kappa shape index (κ1) is 16.4. The van der Waals surface area contributed by atoms with Crippen LogP contribution in [0.15, 0.2) is 24.3 Å². The second-order valence-electron chi connectivity index (χ2n) is 6.07. The number of nitrogens with zero attached hydrogens (tertiary/aromatic N) is 3. The lowest BCUT2D eigenvalue weighted by atomic mass is 10.1. The Labute approximate surface area is 141 Å². The van der Waals surface area contributed by atoms with Gasteiger partial charge < -0.3 is 10.6 Å². The van der Waals surface area contributed by atoms with Gasteiger partial charge in [-0.25, -0.2) is 4.98 Å². The van der Waals surface area contributed by atoms with E-state index in [9.17, 15) is 4.79 Å². The molecule has 0 aliphatic carbocycles. The van der Waals surface area contributed by atoms with Crippen molar-refractivity contribution in [2.75, 3.05) is 26.2 Å². The van der Waals surface area contributed by atoms with Crippen LogP contribution in [0.1, 0.15) is 24.8 Å². The Morgan fingerprint density at radius 2 is 2.04 bits per heavy atom. The van der Waals surface area contributed by atoms with Crippen LogP contribution in [0.4, 0.5) is 0 Å². The predicted molar refractivity (Wildman–Crippen MR) is 94.4 cm³/mol. The molecular formula is C17H24N4OS. The van der Waals surface area contributed by atoms with Crippen molar-refractivity contribution < 1.29 is 4.79 Å². The number of para-hydroxylation sites is 1. The highest BCUT2D eigenvalue weighted by Crippen LogP contribution is 2.23. The first-order chi connectivity index (χ1) is 11.2. The first-order valence-corrected chi connectivity index (χ1v) is 9.10. The SMILES string of the molecule is CCCC(N)C(=O)N1CCN(Cc2nc3ccccc3s2)CC1. The highest BCUT2D eigenvalue weighted by Gasteiger charge is 2.25. The number of carbonyl (C=O) groups excluding carboxylic acids is 1. The van der Waals surface area contributed by atoms with Gasteiger partial charge in [-0.05, 0) is 18.6 Å². The van der Waals surface area contributed by atoms with Crippen LogP contribution in [0.2, 0.25) is 0 Å². The molecule has 2 N–H and O–H groups in total. The van der Waals surface area contributed by atoms with Crippen LogP contribution in [0, 0.1) is 0 Å². The molecule has 23 heavy (non-hydrogen) atoms. The molecule has 0 spiro atoms. The third-order valence-electron chi connectivity index (χ3n) is 4.30. The maximum atomic E-state index is 12.2. The van der Waals surface area contributed by atoms with Crippen molar-refractivity contribution in [3.63, 3.8) is 0 Å². The van der Waals surface area contributed by atoms with Crippen molar-refractivity contribution in [3.05, 3.63) is 29.3 Å². The molecule has 1 aromatic heterocycles. The van der Waals surface area contributed by atoms with E-state index < -0.39 is 0 Å². The summed E-state index contributed by atoms with van der Waals surface area (Å²) >= 11 is 1.76. The summed E-state index contributed by atoms with van der Waals surface area (Å²) < 4.78 is 1.24. The third-order valence-corrected chi connectivity index (χ3v) is 5.32. The van der Waals surface area contributed by atoms with E-state index in [2.05, 4.69) is 28.9 Å². The Bertz CT molecular complexity index is 630. The number of piperazine rings is 1. The zero-order chi connectivity index (χ0) is 16.2. The number of nitrogens with two attached hydrogens (primary N) is 1. The van der Waals surface area contributed by atoms with Gasteiger partial charge in [-0.3, -0.25) is 9.69 Å². The van der Waals surface area contributed by atoms with E-state index in [0.717, 1.165) is 56.1 Å².